The number of ether oxygens (including phenoxy) is 1. The second kappa shape index (κ2) is 4.50. The molecule has 0 unspecified atom stereocenters. The maximum Gasteiger partial charge on any atom is 0.0987 e. The smallest absolute Gasteiger partial charge is 0.0987 e. The molecule has 0 aliphatic carbocycles. The summed E-state index contributed by atoms with van der Waals surface area (Å²) in [7, 11) is 3.91. The Labute approximate surface area is 50.7 Å². The van der Waals surface area contributed by atoms with Gasteiger partial charge in [0.15, 0.2) is 0 Å². The Morgan fingerprint density at radius 3 is 2.50 bits per heavy atom. The third-order valence-corrected chi connectivity index (χ3v) is 0.622. The van der Waals surface area contributed by atoms with Crippen LogP contribution in [0.1, 0.15) is 6.92 Å². The Balaban J connectivity index is 3.07. The first kappa shape index (κ1) is 7.34. The molecule has 0 amide bonds. The molecule has 0 aromatic carbocycles. The molecule has 48 valence electrons. The van der Waals surface area contributed by atoms with E-state index >= 15 is 0 Å². The summed E-state index contributed by atoms with van der Waals surface area (Å²) in [5, 5.41) is 0. The van der Waals surface area contributed by atoms with Crippen molar-refractivity contribution in [3.63, 3.8) is 0 Å². The topological polar surface area (TPSA) is 12.5 Å². The molecule has 0 aliphatic rings. The molecule has 2 nitrogen and oxygen atoms in total. The van der Waals surface area contributed by atoms with Crippen LogP contribution in [-0.2, 0) is 4.74 Å². The maximum atomic E-state index is 4.92. The predicted octanol–water partition coefficient (Wildman–Crippen LogP) is 1.06. The number of hydrogen-bond donors (Lipinski definition) is 0. The highest BCUT2D eigenvalue weighted by Crippen LogP contribution is 1.78. The molecule has 0 aromatic heterocycles. The van der Waals surface area contributed by atoms with Crippen molar-refractivity contribution < 1.29 is 4.74 Å². The average molecular weight is 115 g/mol. The molecule has 0 bridgehead atoms. The van der Waals surface area contributed by atoms with E-state index in [-0.39, 0.29) is 0 Å². The van der Waals surface area contributed by atoms with Gasteiger partial charge >= 0.3 is 0 Å². The lowest BCUT2D eigenvalue weighted by molar-refractivity contribution is 0.263. The zero-order chi connectivity index (χ0) is 6.41. The summed E-state index contributed by atoms with van der Waals surface area (Å²) in [6.07, 6.45) is 3.55. The van der Waals surface area contributed by atoms with Crippen LogP contribution in [0.25, 0.3) is 0 Å². The molecule has 0 rings (SSSR count). The second-order valence-electron chi connectivity index (χ2n) is 1.70. The second-order valence-corrected chi connectivity index (χ2v) is 1.70. The highest BCUT2D eigenvalue weighted by Gasteiger charge is 1.72. The van der Waals surface area contributed by atoms with Gasteiger partial charge in [-0.15, -0.1) is 0 Å². The monoisotopic (exact) mass is 115 g/mol. The average Bonchev–Trinajstić information content (AvgIpc) is 1.66. The fraction of sp³-hybridized carbons (Fsp3) is 0.667. The van der Waals surface area contributed by atoms with Crippen molar-refractivity contribution in [1.29, 1.82) is 0 Å². The molecule has 0 fully saturated rings. The SMILES string of the molecule is CCO/C=C/N(C)C. The van der Waals surface area contributed by atoms with E-state index in [2.05, 4.69) is 0 Å². The Morgan fingerprint density at radius 2 is 2.12 bits per heavy atom. The van der Waals surface area contributed by atoms with E-state index in [9.17, 15) is 0 Å². The van der Waals surface area contributed by atoms with Crippen LogP contribution in [0.4, 0.5) is 0 Å². The van der Waals surface area contributed by atoms with Crippen molar-refractivity contribution >= 4 is 0 Å². The van der Waals surface area contributed by atoms with Gasteiger partial charge in [-0.05, 0) is 6.92 Å². The highest BCUT2D eigenvalue weighted by atomic mass is 16.5. The minimum Gasteiger partial charge on any atom is -0.500 e. The third kappa shape index (κ3) is 5.34. The van der Waals surface area contributed by atoms with E-state index in [1.807, 2.05) is 32.1 Å². The third-order valence-electron chi connectivity index (χ3n) is 0.622. The van der Waals surface area contributed by atoms with Gasteiger partial charge in [-0.25, -0.2) is 0 Å². The molecule has 2 heteroatoms. The Kier molecular flexibility index (Phi) is 4.13. The van der Waals surface area contributed by atoms with E-state index in [4.69, 9.17) is 4.74 Å². The Bertz CT molecular complexity index is 68.9. The molecule has 0 heterocycles. The van der Waals surface area contributed by atoms with Gasteiger partial charge < -0.3 is 9.64 Å². The van der Waals surface area contributed by atoms with Crippen LogP contribution < -0.4 is 0 Å². The van der Waals surface area contributed by atoms with E-state index in [0.29, 0.717) is 0 Å². The summed E-state index contributed by atoms with van der Waals surface area (Å²) in [5.41, 5.74) is 0. The van der Waals surface area contributed by atoms with Gasteiger partial charge in [0.2, 0.25) is 0 Å². The van der Waals surface area contributed by atoms with Crippen LogP contribution in [0.15, 0.2) is 12.5 Å². The highest BCUT2D eigenvalue weighted by molar-refractivity contribution is 4.68. The summed E-state index contributed by atoms with van der Waals surface area (Å²) in [5.74, 6) is 0. The summed E-state index contributed by atoms with van der Waals surface area (Å²) < 4.78 is 4.92. The minimum absolute atomic E-state index is 0.740. The van der Waals surface area contributed by atoms with Crippen molar-refractivity contribution in [2.45, 2.75) is 6.92 Å². The Morgan fingerprint density at radius 1 is 1.50 bits per heavy atom. The van der Waals surface area contributed by atoms with Gasteiger partial charge in [0.1, 0.15) is 0 Å². The lowest BCUT2D eigenvalue weighted by Crippen LogP contribution is -2.00. The lowest BCUT2D eigenvalue weighted by Gasteiger charge is -2.02. The number of hydrogen-bond acceptors (Lipinski definition) is 2. The van der Waals surface area contributed by atoms with Crippen molar-refractivity contribution in [3.8, 4) is 0 Å². The molecule has 0 aromatic rings. The van der Waals surface area contributed by atoms with Crippen LogP contribution >= 0.6 is 0 Å². The minimum atomic E-state index is 0.740. The normalized spacial score (nSPS) is 9.88. The fourth-order valence-electron chi connectivity index (χ4n) is 0.261. The van der Waals surface area contributed by atoms with Crippen molar-refractivity contribution in [1.82, 2.24) is 4.90 Å². The van der Waals surface area contributed by atoms with E-state index in [1.54, 1.807) is 6.26 Å². The lowest BCUT2D eigenvalue weighted by atomic mass is 10.8. The zero-order valence-corrected chi connectivity index (χ0v) is 5.72. The Hall–Kier alpha value is -0.660. The zero-order valence-electron chi connectivity index (χ0n) is 5.72. The molecular weight excluding hydrogens is 102 g/mol. The summed E-state index contributed by atoms with van der Waals surface area (Å²) in [6.45, 7) is 2.70. The van der Waals surface area contributed by atoms with Gasteiger partial charge in [-0.2, -0.15) is 0 Å². The summed E-state index contributed by atoms with van der Waals surface area (Å²) in [6, 6.07) is 0. The quantitative estimate of drug-likeness (QED) is 0.510. The van der Waals surface area contributed by atoms with Crippen LogP contribution in [0, 0.1) is 0 Å². The van der Waals surface area contributed by atoms with Crippen molar-refractivity contribution in [2.75, 3.05) is 20.7 Å². The summed E-state index contributed by atoms with van der Waals surface area (Å²) in [4.78, 5) is 1.93. The molecule has 0 radical (unpaired) electrons. The van der Waals surface area contributed by atoms with Crippen LogP contribution in [0.3, 0.4) is 0 Å². The van der Waals surface area contributed by atoms with Gasteiger partial charge in [-0.3, -0.25) is 0 Å². The van der Waals surface area contributed by atoms with Gasteiger partial charge in [0, 0.05) is 20.3 Å². The van der Waals surface area contributed by atoms with E-state index in [0.717, 1.165) is 6.61 Å². The van der Waals surface area contributed by atoms with Crippen LogP contribution in [-0.4, -0.2) is 25.6 Å². The molecule has 0 saturated heterocycles. The largest absolute Gasteiger partial charge is 0.500 e. The molecule has 0 saturated carbocycles. The maximum absolute atomic E-state index is 4.92. The van der Waals surface area contributed by atoms with Gasteiger partial charge in [0.05, 0.1) is 12.9 Å². The first-order valence-electron chi connectivity index (χ1n) is 2.72. The van der Waals surface area contributed by atoms with Gasteiger partial charge in [0.25, 0.3) is 0 Å². The fourth-order valence-corrected chi connectivity index (χ4v) is 0.261. The first-order valence-corrected chi connectivity index (χ1v) is 2.72. The molecule has 8 heavy (non-hydrogen) atoms. The van der Waals surface area contributed by atoms with Crippen LogP contribution in [0.2, 0.25) is 0 Å². The summed E-state index contributed by atoms with van der Waals surface area (Å²) >= 11 is 0. The van der Waals surface area contributed by atoms with E-state index < -0.39 is 0 Å². The van der Waals surface area contributed by atoms with E-state index in [1.165, 1.54) is 0 Å². The number of nitrogens with zero attached hydrogens (tertiary/aromatic N) is 1. The van der Waals surface area contributed by atoms with Crippen LogP contribution in [0.5, 0.6) is 0 Å². The van der Waals surface area contributed by atoms with Crippen molar-refractivity contribution in [3.05, 3.63) is 12.5 Å². The number of rotatable bonds is 3. The molecular formula is C6H13NO. The van der Waals surface area contributed by atoms with Crippen molar-refractivity contribution in [2.24, 2.45) is 0 Å². The molecule has 0 spiro atoms. The standard InChI is InChI=1S/C6H13NO/c1-4-8-6-5-7(2)3/h5-6H,4H2,1-3H3/b6-5+. The molecule has 0 N–H and O–H groups in total. The molecule has 0 atom stereocenters. The van der Waals surface area contributed by atoms with Gasteiger partial charge in [-0.1, -0.05) is 0 Å². The first-order chi connectivity index (χ1) is 3.77. The molecule has 0 aliphatic heterocycles. The predicted molar refractivity (Wildman–Crippen MR) is 34.5 cm³/mol.